The van der Waals surface area contributed by atoms with Crippen LogP contribution in [0.25, 0.3) is 0 Å². The Kier molecular flexibility index (Phi) is 5.33. The predicted octanol–water partition coefficient (Wildman–Crippen LogP) is 1.99. The smallest absolute Gasteiger partial charge is 0.359 e. The number of hydrogen-bond donors (Lipinski definition) is 1. The summed E-state index contributed by atoms with van der Waals surface area (Å²) in [7, 11) is 1.23. The Morgan fingerprint density at radius 2 is 2.00 bits per heavy atom. The Morgan fingerprint density at radius 1 is 1.23 bits per heavy atom. The fourth-order valence-electron chi connectivity index (χ4n) is 3.71. The molecule has 31 heavy (non-hydrogen) atoms. The molecule has 1 aliphatic heterocycles. The third-order valence-electron chi connectivity index (χ3n) is 5.42. The highest BCUT2D eigenvalue weighted by atomic mass is 16.5. The Morgan fingerprint density at radius 3 is 2.68 bits per heavy atom. The number of ether oxygens (including phenoxy) is 1. The van der Waals surface area contributed by atoms with Gasteiger partial charge in [-0.3, -0.25) is 9.59 Å². The predicted molar refractivity (Wildman–Crippen MR) is 109 cm³/mol. The van der Waals surface area contributed by atoms with Gasteiger partial charge in [-0.2, -0.15) is 0 Å². The second kappa shape index (κ2) is 8.10. The number of esters is 1. The van der Waals surface area contributed by atoms with Gasteiger partial charge in [-0.15, -0.1) is 0 Å². The summed E-state index contributed by atoms with van der Waals surface area (Å²) >= 11 is 0. The highest BCUT2D eigenvalue weighted by Crippen LogP contribution is 2.31. The molecule has 0 saturated heterocycles. The largest absolute Gasteiger partial charge is 0.467 e. The van der Waals surface area contributed by atoms with Crippen LogP contribution in [0.4, 0.5) is 0 Å². The molecule has 0 saturated carbocycles. The Labute approximate surface area is 178 Å². The minimum atomic E-state index is -1.24. The van der Waals surface area contributed by atoms with E-state index in [1.165, 1.54) is 29.2 Å². The zero-order valence-electron chi connectivity index (χ0n) is 17.2. The summed E-state index contributed by atoms with van der Waals surface area (Å²) in [6.45, 7) is 2.20. The standard InChI is InChI=1S/C22H22N4O5/c1-22(21(29)23-11-15-7-4-3-5-8-15)13-25-14-24-17(20(28)30-2)18(25)19(27)26(22)12-16-9-6-10-31-16/h3-10,14H,11-13H2,1-2H3,(H,23,29). The summed E-state index contributed by atoms with van der Waals surface area (Å²) in [6, 6.07) is 12.9. The highest BCUT2D eigenvalue weighted by Gasteiger charge is 2.49. The maximum absolute atomic E-state index is 13.5. The Balaban J connectivity index is 1.68. The second-order valence-electron chi connectivity index (χ2n) is 7.47. The van der Waals surface area contributed by atoms with Gasteiger partial charge in [0, 0.05) is 6.54 Å². The van der Waals surface area contributed by atoms with Crippen LogP contribution in [0, 0.1) is 0 Å². The van der Waals surface area contributed by atoms with E-state index in [1.54, 1.807) is 19.1 Å². The summed E-state index contributed by atoms with van der Waals surface area (Å²) < 4.78 is 11.7. The minimum Gasteiger partial charge on any atom is -0.467 e. The van der Waals surface area contributed by atoms with Crippen molar-refractivity contribution in [3.05, 3.63) is 77.8 Å². The lowest BCUT2D eigenvalue weighted by Gasteiger charge is -2.43. The van der Waals surface area contributed by atoms with E-state index in [1.807, 2.05) is 30.3 Å². The van der Waals surface area contributed by atoms with Crippen molar-refractivity contribution < 1.29 is 23.5 Å². The number of nitrogens with zero attached hydrogens (tertiary/aromatic N) is 3. The molecule has 3 heterocycles. The number of carbonyl (C=O) groups excluding carboxylic acids is 3. The molecular weight excluding hydrogens is 400 g/mol. The number of benzene rings is 1. The first kappa shape index (κ1) is 20.4. The first-order valence-electron chi connectivity index (χ1n) is 9.74. The van der Waals surface area contributed by atoms with E-state index >= 15 is 0 Å². The fourth-order valence-corrected chi connectivity index (χ4v) is 3.71. The van der Waals surface area contributed by atoms with Crippen LogP contribution in [-0.2, 0) is 29.2 Å². The molecule has 0 radical (unpaired) electrons. The number of rotatable bonds is 6. The van der Waals surface area contributed by atoms with Gasteiger partial charge in [-0.25, -0.2) is 9.78 Å². The second-order valence-corrected chi connectivity index (χ2v) is 7.47. The van der Waals surface area contributed by atoms with Gasteiger partial charge in [0.2, 0.25) is 5.91 Å². The molecule has 9 heteroatoms. The third-order valence-corrected chi connectivity index (χ3v) is 5.42. The number of fused-ring (bicyclic) bond motifs is 1. The first-order valence-corrected chi connectivity index (χ1v) is 9.74. The van der Waals surface area contributed by atoms with Crippen LogP contribution in [0.1, 0.15) is 39.2 Å². The van der Waals surface area contributed by atoms with E-state index in [0.717, 1.165) is 5.56 Å². The number of imidazole rings is 1. The van der Waals surface area contributed by atoms with Crippen molar-refractivity contribution in [1.29, 1.82) is 0 Å². The lowest BCUT2D eigenvalue weighted by molar-refractivity contribution is -0.133. The Hall–Kier alpha value is -3.88. The Bertz CT molecular complexity index is 1110. The van der Waals surface area contributed by atoms with Gasteiger partial charge in [0.15, 0.2) is 5.69 Å². The van der Waals surface area contributed by atoms with Crippen LogP contribution >= 0.6 is 0 Å². The molecule has 0 fully saturated rings. The minimum absolute atomic E-state index is 0.0624. The number of carbonyl (C=O) groups is 3. The number of hydrogen-bond acceptors (Lipinski definition) is 6. The van der Waals surface area contributed by atoms with Crippen molar-refractivity contribution >= 4 is 17.8 Å². The molecule has 9 nitrogen and oxygen atoms in total. The first-order chi connectivity index (χ1) is 14.9. The van der Waals surface area contributed by atoms with Crippen LogP contribution in [0.3, 0.4) is 0 Å². The van der Waals surface area contributed by atoms with E-state index in [2.05, 4.69) is 10.3 Å². The van der Waals surface area contributed by atoms with Crippen molar-refractivity contribution in [3.8, 4) is 0 Å². The molecule has 1 aliphatic rings. The van der Waals surface area contributed by atoms with Crippen molar-refractivity contribution in [2.24, 2.45) is 0 Å². The third kappa shape index (κ3) is 3.70. The number of amides is 2. The quantitative estimate of drug-likeness (QED) is 0.609. The van der Waals surface area contributed by atoms with E-state index < -0.39 is 17.4 Å². The van der Waals surface area contributed by atoms with Crippen molar-refractivity contribution in [3.63, 3.8) is 0 Å². The summed E-state index contributed by atoms with van der Waals surface area (Å²) in [4.78, 5) is 44.4. The monoisotopic (exact) mass is 422 g/mol. The van der Waals surface area contributed by atoms with Crippen LogP contribution in [0.15, 0.2) is 59.5 Å². The lowest BCUT2D eigenvalue weighted by atomic mass is 9.94. The molecule has 1 atom stereocenters. The number of nitrogens with one attached hydrogen (secondary N) is 1. The molecule has 1 N–H and O–H groups in total. The average molecular weight is 422 g/mol. The molecule has 4 rings (SSSR count). The fraction of sp³-hybridized carbons (Fsp3) is 0.273. The molecule has 2 amide bonds. The van der Waals surface area contributed by atoms with E-state index in [9.17, 15) is 14.4 Å². The van der Waals surface area contributed by atoms with Crippen molar-refractivity contribution in [2.75, 3.05) is 7.11 Å². The van der Waals surface area contributed by atoms with E-state index in [-0.39, 0.29) is 30.4 Å². The molecule has 1 unspecified atom stereocenters. The van der Waals surface area contributed by atoms with E-state index in [4.69, 9.17) is 9.15 Å². The molecule has 3 aromatic rings. The van der Waals surface area contributed by atoms with Crippen molar-refractivity contribution in [2.45, 2.75) is 32.1 Å². The van der Waals surface area contributed by atoms with Gasteiger partial charge < -0.3 is 23.9 Å². The van der Waals surface area contributed by atoms with Crippen LogP contribution in [0.5, 0.6) is 0 Å². The average Bonchev–Trinajstić information content (AvgIpc) is 3.45. The number of aromatic nitrogens is 2. The van der Waals surface area contributed by atoms with Crippen LogP contribution in [-0.4, -0.2) is 44.9 Å². The molecule has 160 valence electrons. The number of furan rings is 1. The zero-order valence-corrected chi connectivity index (χ0v) is 17.2. The summed E-state index contributed by atoms with van der Waals surface area (Å²) in [6.07, 6.45) is 2.88. The molecule has 1 aromatic carbocycles. The van der Waals surface area contributed by atoms with Gasteiger partial charge in [0.05, 0.1) is 32.8 Å². The van der Waals surface area contributed by atoms with Gasteiger partial charge in [0.1, 0.15) is 17.0 Å². The molecule has 2 aromatic heterocycles. The maximum Gasteiger partial charge on any atom is 0.359 e. The molecule has 0 spiro atoms. The van der Waals surface area contributed by atoms with Crippen molar-refractivity contribution in [1.82, 2.24) is 19.8 Å². The SMILES string of the molecule is COC(=O)c1ncn2c1C(=O)N(Cc1ccco1)C(C)(C(=O)NCc1ccccc1)C2. The maximum atomic E-state index is 13.5. The topological polar surface area (TPSA) is 107 Å². The molecular formula is C22H22N4O5. The highest BCUT2D eigenvalue weighted by molar-refractivity contribution is 6.06. The van der Waals surface area contributed by atoms with Gasteiger partial charge in [-0.05, 0) is 24.6 Å². The van der Waals surface area contributed by atoms with Gasteiger partial charge in [-0.1, -0.05) is 30.3 Å². The summed E-state index contributed by atoms with van der Waals surface area (Å²) in [5.74, 6) is -1.02. The normalized spacial score (nSPS) is 17.9. The zero-order chi connectivity index (χ0) is 22.0. The van der Waals surface area contributed by atoms with E-state index in [0.29, 0.717) is 12.3 Å². The summed E-state index contributed by atoms with van der Waals surface area (Å²) in [5, 5.41) is 2.92. The van der Waals surface area contributed by atoms with Crippen LogP contribution < -0.4 is 5.32 Å². The lowest BCUT2D eigenvalue weighted by Crippen LogP contribution is -2.63. The molecule has 0 aliphatic carbocycles. The van der Waals surface area contributed by atoms with Gasteiger partial charge >= 0.3 is 5.97 Å². The van der Waals surface area contributed by atoms with Gasteiger partial charge in [0.25, 0.3) is 5.91 Å². The molecule has 0 bridgehead atoms. The summed E-state index contributed by atoms with van der Waals surface area (Å²) in [5.41, 5.74) is -0.286. The number of methoxy groups -OCH3 is 1. The van der Waals surface area contributed by atoms with Crippen LogP contribution in [0.2, 0.25) is 0 Å².